The lowest BCUT2D eigenvalue weighted by molar-refractivity contribution is -0.952. The average molecular weight is 304 g/mol. The smallest absolute Gasteiger partial charge is 0.271 e. The van der Waals surface area contributed by atoms with Crippen LogP contribution < -0.4 is 10.2 Å². The molecule has 0 fully saturated rings. The summed E-state index contributed by atoms with van der Waals surface area (Å²) in [5.74, 6) is 1.29. The van der Waals surface area contributed by atoms with Crippen molar-refractivity contribution in [3.8, 4) is 11.5 Å². The van der Waals surface area contributed by atoms with Crippen molar-refractivity contribution < 1.29 is 14.6 Å². The van der Waals surface area contributed by atoms with Crippen LogP contribution in [0.2, 0.25) is 0 Å². The van der Waals surface area contributed by atoms with Crippen LogP contribution in [0.5, 0.6) is 0 Å². The Morgan fingerprint density at radius 1 is 1.05 bits per heavy atom. The van der Waals surface area contributed by atoms with Gasteiger partial charge in [0.1, 0.15) is 13.1 Å². The van der Waals surface area contributed by atoms with E-state index in [1.54, 1.807) is 4.90 Å². The lowest BCUT2D eigenvalue weighted by atomic mass is 10.2. The molecule has 0 unspecified atom stereocenters. The number of benzene rings is 1. The lowest BCUT2D eigenvalue weighted by Gasteiger charge is -2.26. The summed E-state index contributed by atoms with van der Waals surface area (Å²) < 4.78 is 5.71. The van der Waals surface area contributed by atoms with Gasteiger partial charge in [0.05, 0.1) is 12.1 Å². The highest BCUT2D eigenvalue weighted by Crippen LogP contribution is 2.16. The van der Waals surface area contributed by atoms with Crippen LogP contribution in [-0.2, 0) is 6.54 Å². The van der Waals surface area contributed by atoms with Crippen molar-refractivity contribution in [1.29, 1.82) is 0 Å². The van der Waals surface area contributed by atoms with Gasteiger partial charge in [-0.2, -0.15) is 0 Å². The van der Waals surface area contributed by atoms with Crippen LogP contribution in [-0.4, -0.2) is 35.4 Å². The molecule has 2 aromatic rings. The van der Waals surface area contributed by atoms with Crippen LogP contribution >= 0.6 is 0 Å². The van der Waals surface area contributed by atoms with Crippen LogP contribution in [0, 0.1) is 0 Å². The molecule has 5 nitrogen and oxygen atoms in total. The Hall–Kier alpha value is -1.72. The zero-order chi connectivity index (χ0) is 15.9. The predicted octanol–water partition coefficient (Wildman–Crippen LogP) is 0.502. The van der Waals surface area contributed by atoms with Gasteiger partial charge in [-0.1, -0.05) is 18.2 Å². The third-order valence-electron chi connectivity index (χ3n) is 3.93. The van der Waals surface area contributed by atoms with Gasteiger partial charge in [-0.25, -0.2) is 0 Å². The Labute approximate surface area is 132 Å². The summed E-state index contributed by atoms with van der Waals surface area (Å²) in [5.41, 5.74) is 0.969. The second-order valence-corrected chi connectivity index (χ2v) is 6.28. The van der Waals surface area contributed by atoms with E-state index in [0.29, 0.717) is 23.9 Å². The molecule has 0 aliphatic rings. The highest BCUT2D eigenvalue weighted by molar-refractivity contribution is 5.51. The van der Waals surface area contributed by atoms with Crippen LogP contribution in [0.4, 0.5) is 0 Å². The van der Waals surface area contributed by atoms with E-state index in [2.05, 4.69) is 43.2 Å². The van der Waals surface area contributed by atoms with Crippen LogP contribution in [0.25, 0.3) is 11.5 Å². The Kier molecular flexibility index (Phi) is 6.10. The molecule has 22 heavy (non-hydrogen) atoms. The van der Waals surface area contributed by atoms with E-state index in [-0.39, 0.29) is 0 Å². The highest BCUT2D eigenvalue weighted by atomic mass is 16.4. The quantitative estimate of drug-likeness (QED) is 0.698. The Morgan fingerprint density at radius 3 is 2.36 bits per heavy atom. The van der Waals surface area contributed by atoms with E-state index in [9.17, 15) is 0 Å². The van der Waals surface area contributed by atoms with E-state index in [1.165, 1.54) is 0 Å². The molecule has 1 aromatic carbocycles. The fourth-order valence-corrected chi connectivity index (χ4v) is 2.77. The monoisotopic (exact) mass is 304 g/mol. The van der Waals surface area contributed by atoms with Gasteiger partial charge in [-0.15, -0.1) is 10.2 Å². The number of rotatable bonds is 8. The van der Waals surface area contributed by atoms with Crippen LogP contribution in [0.3, 0.4) is 0 Å². The van der Waals surface area contributed by atoms with Crippen molar-refractivity contribution in [2.24, 2.45) is 0 Å². The summed E-state index contributed by atoms with van der Waals surface area (Å²) >= 11 is 0. The summed E-state index contributed by atoms with van der Waals surface area (Å²) in [7, 11) is 0. The SMILES string of the molecule is CC(C)[NH+](CC[NH2+]Cc1nnc(-c2ccccc2)o1)C(C)C. The molecular weight excluding hydrogens is 276 g/mol. The normalized spacial score (nSPS) is 11.8. The number of hydrogen-bond donors (Lipinski definition) is 2. The minimum Gasteiger partial charge on any atom is -0.415 e. The fraction of sp³-hybridized carbons (Fsp3) is 0.529. The van der Waals surface area contributed by atoms with Crippen molar-refractivity contribution in [1.82, 2.24) is 10.2 Å². The molecule has 120 valence electrons. The number of hydrogen-bond acceptors (Lipinski definition) is 3. The topological polar surface area (TPSA) is 60.0 Å². The van der Waals surface area contributed by atoms with Gasteiger partial charge in [-0.05, 0) is 39.8 Å². The molecule has 0 saturated heterocycles. The number of quaternary nitrogens is 2. The zero-order valence-corrected chi connectivity index (χ0v) is 14.0. The molecular formula is C17H28N4O+2. The van der Waals surface area contributed by atoms with E-state index >= 15 is 0 Å². The molecule has 0 radical (unpaired) electrons. The standard InChI is InChI=1S/C17H26N4O/c1-13(2)21(14(3)4)11-10-18-12-16-19-20-17(22-16)15-8-6-5-7-9-15/h5-9,13-14,18H,10-12H2,1-4H3/p+2. The van der Waals surface area contributed by atoms with E-state index in [4.69, 9.17) is 4.42 Å². The van der Waals surface area contributed by atoms with Crippen molar-refractivity contribution in [3.63, 3.8) is 0 Å². The molecule has 0 spiro atoms. The molecule has 0 aliphatic carbocycles. The van der Waals surface area contributed by atoms with Crippen LogP contribution in [0.1, 0.15) is 33.6 Å². The maximum absolute atomic E-state index is 5.71. The summed E-state index contributed by atoms with van der Waals surface area (Å²) in [6.07, 6.45) is 0. The predicted molar refractivity (Wildman–Crippen MR) is 86.3 cm³/mol. The van der Waals surface area contributed by atoms with E-state index in [0.717, 1.165) is 25.2 Å². The van der Waals surface area contributed by atoms with Gasteiger partial charge in [0.2, 0.25) is 5.89 Å². The van der Waals surface area contributed by atoms with Gasteiger partial charge in [0, 0.05) is 5.56 Å². The first-order chi connectivity index (χ1) is 10.6. The molecule has 0 atom stereocenters. The minimum absolute atomic E-state index is 0.598. The first-order valence-corrected chi connectivity index (χ1v) is 8.13. The minimum atomic E-state index is 0.598. The fourth-order valence-electron chi connectivity index (χ4n) is 2.77. The van der Waals surface area contributed by atoms with Gasteiger partial charge in [0.25, 0.3) is 5.89 Å². The molecule has 0 bridgehead atoms. The summed E-state index contributed by atoms with van der Waals surface area (Å²) in [5, 5.41) is 10.5. The molecule has 0 amide bonds. The second-order valence-electron chi connectivity index (χ2n) is 6.28. The van der Waals surface area contributed by atoms with Gasteiger partial charge in [-0.3, -0.25) is 0 Å². The Bertz CT molecular complexity index is 543. The van der Waals surface area contributed by atoms with Crippen molar-refractivity contribution in [2.45, 2.75) is 46.3 Å². The summed E-state index contributed by atoms with van der Waals surface area (Å²) in [4.78, 5) is 1.63. The largest absolute Gasteiger partial charge is 0.415 e. The molecule has 1 aromatic heterocycles. The molecule has 3 N–H and O–H groups in total. The number of nitrogens with two attached hydrogens (primary N) is 1. The number of nitrogens with one attached hydrogen (secondary N) is 1. The number of nitrogens with zero attached hydrogens (tertiary/aromatic N) is 2. The second kappa shape index (κ2) is 8.06. The molecule has 0 aliphatic heterocycles. The summed E-state index contributed by atoms with van der Waals surface area (Å²) in [6, 6.07) is 11.2. The van der Waals surface area contributed by atoms with Crippen LogP contribution in [0.15, 0.2) is 34.7 Å². The van der Waals surface area contributed by atoms with Crippen molar-refractivity contribution in [2.75, 3.05) is 13.1 Å². The van der Waals surface area contributed by atoms with E-state index in [1.807, 2.05) is 30.3 Å². The van der Waals surface area contributed by atoms with Crippen molar-refractivity contribution in [3.05, 3.63) is 36.2 Å². The average Bonchev–Trinajstić information content (AvgIpc) is 2.96. The Morgan fingerprint density at radius 2 is 1.73 bits per heavy atom. The Balaban J connectivity index is 1.80. The maximum Gasteiger partial charge on any atom is 0.271 e. The lowest BCUT2D eigenvalue weighted by Crippen LogP contribution is -3.19. The first-order valence-electron chi connectivity index (χ1n) is 8.13. The van der Waals surface area contributed by atoms with E-state index < -0.39 is 0 Å². The third kappa shape index (κ3) is 4.64. The zero-order valence-electron chi connectivity index (χ0n) is 14.0. The van der Waals surface area contributed by atoms with Gasteiger partial charge >= 0.3 is 0 Å². The molecule has 5 heteroatoms. The first kappa shape index (κ1) is 16.6. The summed E-state index contributed by atoms with van der Waals surface area (Å²) in [6.45, 7) is 12.1. The van der Waals surface area contributed by atoms with Gasteiger partial charge < -0.3 is 14.6 Å². The van der Waals surface area contributed by atoms with Gasteiger partial charge in [0.15, 0.2) is 6.54 Å². The third-order valence-corrected chi connectivity index (χ3v) is 3.93. The van der Waals surface area contributed by atoms with Crippen molar-refractivity contribution >= 4 is 0 Å². The molecule has 0 saturated carbocycles. The molecule has 1 heterocycles. The highest BCUT2D eigenvalue weighted by Gasteiger charge is 2.17. The maximum atomic E-state index is 5.71. The number of aromatic nitrogens is 2. The molecule has 2 rings (SSSR count).